The molecule has 1 aliphatic carbocycles. The maximum Gasteiger partial charge on any atom is 0.247 e. The Balaban J connectivity index is 1.38. The van der Waals surface area contributed by atoms with Gasteiger partial charge in [-0.15, -0.1) is 0 Å². The van der Waals surface area contributed by atoms with Crippen LogP contribution >= 0.6 is 0 Å². The van der Waals surface area contributed by atoms with Crippen molar-refractivity contribution in [3.05, 3.63) is 60.4 Å². The average Bonchev–Trinajstić information content (AvgIpc) is 3.11. The van der Waals surface area contributed by atoms with Gasteiger partial charge in [0.2, 0.25) is 5.91 Å². The normalized spacial score (nSPS) is 29.2. The van der Waals surface area contributed by atoms with Gasteiger partial charge in [0.1, 0.15) is 11.1 Å². The van der Waals surface area contributed by atoms with E-state index in [9.17, 15) is 9.90 Å². The summed E-state index contributed by atoms with van der Waals surface area (Å²) in [5.74, 6) is 0.134. The Morgan fingerprint density at radius 2 is 1.77 bits per heavy atom. The summed E-state index contributed by atoms with van der Waals surface area (Å²) in [6.07, 6.45) is 7.15. The Kier molecular flexibility index (Phi) is 4.99. The van der Waals surface area contributed by atoms with Crippen molar-refractivity contribution in [2.24, 2.45) is 0 Å². The number of para-hydroxylation sites is 1. The van der Waals surface area contributed by atoms with E-state index in [2.05, 4.69) is 32.2 Å². The Hall–Kier alpha value is -2.44. The zero-order chi connectivity index (χ0) is 20.6. The molecule has 30 heavy (non-hydrogen) atoms. The predicted octanol–water partition coefficient (Wildman–Crippen LogP) is 2.64. The van der Waals surface area contributed by atoms with Gasteiger partial charge >= 0.3 is 0 Å². The minimum Gasteiger partial charge on any atom is -0.382 e. The lowest BCUT2D eigenvalue weighted by Crippen LogP contribution is -2.61. The number of hydrogen-bond acceptors (Lipinski definition) is 5. The van der Waals surface area contributed by atoms with Crippen LogP contribution in [0.5, 0.6) is 0 Å². The molecule has 2 saturated heterocycles. The summed E-state index contributed by atoms with van der Waals surface area (Å²) < 4.78 is 0. The summed E-state index contributed by atoms with van der Waals surface area (Å²) in [6, 6.07) is 16.1. The fourth-order valence-corrected chi connectivity index (χ4v) is 5.78. The molecule has 6 heteroatoms. The largest absolute Gasteiger partial charge is 0.382 e. The standard InChI is InChI=1S/C24H30N4O2/c29-22-23(28(18-26-22)19-8-2-1-3-9-19)13-16-27(17-14-23)21-11-4-6-12-24(21,30)20-10-5-7-15-25-20/h1-3,5,7-10,15,21,30H,4,6,11-14,16-18H2,(H,26,29)/t21-,24-/m1/s1. The second-order valence-corrected chi connectivity index (χ2v) is 8.90. The number of carbonyl (C=O) groups is 1. The predicted molar refractivity (Wildman–Crippen MR) is 116 cm³/mol. The van der Waals surface area contributed by atoms with Gasteiger partial charge in [0.05, 0.1) is 12.4 Å². The van der Waals surface area contributed by atoms with Crippen LogP contribution in [0.15, 0.2) is 54.7 Å². The third kappa shape index (κ3) is 3.10. The maximum atomic E-state index is 12.9. The molecule has 2 N–H and O–H groups in total. The number of anilines is 1. The van der Waals surface area contributed by atoms with E-state index >= 15 is 0 Å². The van der Waals surface area contributed by atoms with Gasteiger partial charge in [0.25, 0.3) is 0 Å². The van der Waals surface area contributed by atoms with Crippen LogP contribution in [0.25, 0.3) is 0 Å². The van der Waals surface area contributed by atoms with Crippen LogP contribution < -0.4 is 10.2 Å². The van der Waals surface area contributed by atoms with Crippen molar-refractivity contribution in [2.45, 2.75) is 55.7 Å². The highest BCUT2D eigenvalue weighted by molar-refractivity contribution is 5.93. The number of piperidine rings is 1. The number of carbonyl (C=O) groups excluding carboxylic acids is 1. The zero-order valence-corrected chi connectivity index (χ0v) is 17.3. The second-order valence-electron chi connectivity index (χ2n) is 8.90. The molecule has 1 aromatic heterocycles. The minimum absolute atomic E-state index is 0.0492. The second kappa shape index (κ2) is 7.67. The smallest absolute Gasteiger partial charge is 0.247 e. The number of pyridine rings is 1. The van der Waals surface area contributed by atoms with Gasteiger partial charge in [-0.25, -0.2) is 0 Å². The first-order valence-electron chi connectivity index (χ1n) is 11.1. The molecule has 3 aliphatic rings. The molecule has 2 aromatic rings. The van der Waals surface area contributed by atoms with Crippen LogP contribution in [-0.2, 0) is 10.4 Å². The topological polar surface area (TPSA) is 68.7 Å². The van der Waals surface area contributed by atoms with Crippen LogP contribution in [0.2, 0.25) is 0 Å². The van der Waals surface area contributed by atoms with Crippen molar-refractivity contribution >= 4 is 11.6 Å². The number of hydrogen-bond donors (Lipinski definition) is 2. The summed E-state index contributed by atoms with van der Waals surface area (Å²) >= 11 is 0. The lowest BCUT2D eigenvalue weighted by Gasteiger charge is -2.50. The molecule has 1 saturated carbocycles. The van der Waals surface area contributed by atoms with Gasteiger partial charge in [-0.05, 0) is 49.9 Å². The van der Waals surface area contributed by atoms with Crippen molar-refractivity contribution in [1.82, 2.24) is 15.2 Å². The van der Waals surface area contributed by atoms with Gasteiger partial charge in [-0.1, -0.05) is 37.1 Å². The molecule has 2 atom stereocenters. The Labute approximate surface area is 177 Å². The number of aliphatic hydroxyl groups is 1. The number of amides is 1. The third-order valence-electron chi connectivity index (χ3n) is 7.42. The summed E-state index contributed by atoms with van der Waals surface area (Å²) in [6.45, 7) is 2.16. The number of aromatic nitrogens is 1. The Bertz CT molecular complexity index is 883. The molecule has 3 heterocycles. The fourth-order valence-electron chi connectivity index (χ4n) is 5.78. The van der Waals surface area contributed by atoms with Crippen LogP contribution in [-0.4, -0.2) is 52.2 Å². The Morgan fingerprint density at radius 1 is 1.00 bits per heavy atom. The van der Waals surface area contributed by atoms with Crippen molar-refractivity contribution in [1.29, 1.82) is 0 Å². The minimum atomic E-state index is -0.916. The van der Waals surface area contributed by atoms with Gasteiger partial charge in [-0.3, -0.25) is 14.7 Å². The van der Waals surface area contributed by atoms with Crippen LogP contribution in [0, 0.1) is 0 Å². The van der Waals surface area contributed by atoms with Crippen molar-refractivity contribution in [2.75, 3.05) is 24.7 Å². The highest BCUT2D eigenvalue weighted by atomic mass is 16.3. The first kappa shape index (κ1) is 19.5. The van der Waals surface area contributed by atoms with Gasteiger partial charge in [0.15, 0.2) is 0 Å². The molecule has 5 rings (SSSR count). The number of likely N-dealkylation sites (tertiary alicyclic amines) is 1. The van der Waals surface area contributed by atoms with Gasteiger partial charge < -0.3 is 15.3 Å². The van der Waals surface area contributed by atoms with E-state index in [4.69, 9.17) is 0 Å². The maximum absolute atomic E-state index is 12.9. The van der Waals surface area contributed by atoms with Gasteiger partial charge in [0, 0.05) is 31.0 Å². The van der Waals surface area contributed by atoms with Crippen LogP contribution in [0.4, 0.5) is 5.69 Å². The fraction of sp³-hybridized carbons (Fsp3) is 0.500. The lowest BCUT2D eigenvalue weighted by molar-refractivity contribution is -0.127. The van der Waals surface area contributed by atoms with E-state index in [1.54, 1.807) is 6.20 Å². The van der Waals surface area contributed by atoms with E-state index in [0.29, 0.717) is 6.67 Å². The number of benzene rings is 1. The molecular formula is C24H30N4O2. The number of nitrogens with zero attached hydrogens (tertiary/aromatic N) is 3. The molecule has 0 unspecified atom stereocenters. The van der Waals surface area contributed by atoms with E-state index in [1.165, 1.54) is 0 Å². The molecule has 1 aromatic carbocycles. The molecule has 1 spiro atoms. The first-order chi connectivity index (χ1) is 14.6. The SMILES string of the molecule is O=C1NCN(c2ccccc2)C12CCN([C@@H]1CCCC[C@@]1(O)c1ccccn1)CC2. The summed E-state index contributed by atoms with van der Waals surface area (Å²) in [5, 5.41) is 14.8. The number of nitrogens with one attached hydrogen (secondary N) is 1. The number of rotatable bonds is 3. The summed E-state index contributed by atoms with van der Waals surface area (Å²) in [4.78, 5) is 22.1. The van der Waals surface area contributed by atoms with Crippen molar-refractivity contribution in [3.8, 4) is 0 Å². The first-order valence-corrected chi connectivity index (χ1v) is 11.1. The Morgan fingerprint density at radius 3 is 2.50 bits per heavy atom. The molecule has 6 nitrogen and oxygen atoms in total. The molecule has 2 aliphatic heterocycles. The highest BCUT2D eigenvalue weighted by Crippen LogP contribution is 2.43. The molecule has 0 radical (unpaired) electrons. The van der Waals surface area contributed by atoms with Crippen LogP contribution in [0.3, 0.4) is 0 Å². The van der Waals surface area contributed by atoms with Crippen molar-refractivity contribution in [3.63, 3.8) is 0 Å². The van der Waals surface area contributed by atoms with Crippen LogP contribution in [0.1, 0.15) is 44.2 Å². The average molecular weight is 407 g/mol. The van der Waals surface area contributed by atoms with E-state index in [1.807, 2.05) is 36.4 Å². The molecular weight excluding hydrogens is 376 g/mol. The quantitative estimate of drug-likeness (QED) is 0.820. The zero-order valence-electron chi connectivity index (χ0n) is 17.3. The summed E-state index contributed by atoms with van der Waals surface area (Å²) in [7, 11) is 0. The summed E-state index contributed by atoms with van der Waals surface area (Å²) in [5.41, 5.74) is 0.461. The monoisotopic (exact) mass is 406 g/mol. The van der Waals surface area contributed by atoms with Crippen molar-refractivity contribution < 1.29 is 9.90 Å². The van der Waals surface area contributed by atoms with E-state index in [0.717, 1.165) is 63.0 Å². The van der Waals surface area contributed by atoms with Gasteiger partial charge in [-0.2, -0.15) is 0 Å². The van der Waals surface area contributed by atoms with E-state index in [-0.39, 0.29) is 11.9 Å². The van der Waals surface area contributed by atoms with E-state index < -0.39 is 11.1 Å². The molecule has 158 valence electrons. The highest BCUT2D eigenvalue weighted by Gasteiger charge is 2.53. The molecule has 0 bridgehead atoms. The lowest BCUT2D eigenvalue weighted by atomic mass is 9.75. The third-order valence-corrected chi connectivity index (χ3v) is 7.42. The molecule has 1 amide bonds. The molecule has 3 fully saturated rings.